The number of imide groups is 1. The van der Waals surface area contributed by atoms with Crippen LogP contribution in [0.3, 0.4) is 0 Å². The maximum absolute atomic E-state index is 13.0. The average Bonchev–Trinajstić information content (AvgIpc) is 3.49. The van der Waals surface area contributed by atoms with Crippen molar-refractivity contribution < 1.29 is 22.7 Å². The van der Waals surface area contributed by atoms with E-state index in [1.165, 1.54) is 17.7 Å². The normalized spacial score (nSPS) is 20.0. The number of carbonyl (C=O) groups is 2. The van der Waals surface area contributed by atoms with Gasteiger partial charge >= 0.3 is 6.03 Å². The van der Waals surface area contributed by atoms with Crippen LogP contribution in [-0.2, 0) is 14.6 Å². The summed E-state index contributed by atoms with van der Waals surface area (Å²) in [6, 6.07) is 5.37. The molecule has 2 saturated carbocycles. The third-order valence-corrected chi connectivity index (χ3v) is 9.05. The first-order valence-electron chi connectivity index (χ1n) is 12.0. The summed E-state index contributed by atoms with van der Waals surface area (Å²) in [5.41, 5.74) is 1.00. The number of ether oxygens (including phenoxy) is 1. The van der Waals surface area contributed by atoms with Crippen LogP contribution in [-0.4, -0.2) is 56.5 Å². The van der Waals surface area contributed by atoms with Crippen molar-refractivity contribution in [2.75, 3.05) is 31.2 Å². The predicted octanol–water partition coefficient (Wildman–Crippen LogP) is 4.15. The summed E-state index contributed by atoms with van der Waals surface area (Å²) in [5, 5.41) is 2.82. The zero-order chi connectivity index (χ0) is 23.4. The van der Waals surface area contributed by atoms with E-state index in [1.54, 1.807) is 0 Å². The molecule has 2 aliphatic carbocycles. The molecule has 0 bridgehead atoms. The van der Waals surface area contributed by atoms with E-state index < -0.39 is 9.84 Å². The number of rotatable bonds is 13. The summed E-state index contributed by atoms with van der Waals surface area (Å²) in [4.78, 5) is 24.3. The fraction of sp³-hybridized carbons (Fsp3) is 0.667. The fourth-order valence-electron chi connectivity index (χ4n) is 4.52. The highest BCUT2D eigenvalue weighted by Crippen LogP contribution is 2.42. The number of halogens is 1. The van der Waals surface area contributed by atoms with Crippen molar-refractivity contribution in [3.63, 3.8) is 0 Å². The smallest absolute Gasteiger partial charge is 0.324 e. The van der Waals surface area contributed by atoms with E-state index in [1.807, 2.05) is 18.2 Å². The van der Waals surface area contributed by atoms with E-state index >= 15 is 0 Å². The zero-order valence-electron chi connectivity index (χ0n) is 18.9. The van der Waals surface area contributed by atoms with Crippen molar-refractivity contribution in [1.29, 1.82) is 0 Å². The maximum atomic E-state index is 13.0. The third-order valence-electron chi connectivity index (χ3n) is 6.96. The molecule has 1 N–H and O–H groups in total. The van der Waals surface area contributed by atoms with Crippen LogP contribution in [0.1, 0.15) is 62.8 Å². The Morgan fingerprint density at radius 3 is 2.55 bits per heavy atom. The molecule has 182 valence electrons. The van der Waals surface area contributed by atoms with Gasteiger partial charge in [0.1, 0.15) is 12.3 Å². The standard InChI is InChI=1S/C24H33ClN2O5S/c25-21-10-9-19(13-22(21)32-15-17-7-8-17)20(18-5-4-6-18)16-33(30,31)12-3-1-2-11-27-14-23(28)26-24(27)29/h9-10,13,17-18,20H,1-8,11-12,14-16H2,(H,26,28,29)/t20-/m1/s1. The van der Waals surface area contributed by atoms with Crippen LogP contribution in [0.25, 0.3) is 0 Å². The number of nitrogens with one attached hydrogen (secondary N) is 1. The molecule has 1 aromatic carbocycles. The molecule has 0 unspecified atom stereocenters. The van der Waals surface area contributed by atoms with E-state index in [0.717, 1.165) is 24.8 Å². The molecule has 33 heavy (non-hydrogen) atoms. The topological polar surface area (TPSA) is 92.8 Å². The molecule has 3 amide bonds. The monoisotopic (exact) mass is 496 g/mol. The van der Waals surface area contributed by atoms with Gasteiger partial charge in [-0.15, -0.1) is 0 Å². The average molecular weight is 497 g/mol. The maximum Gasteiger partial charge on any atom is 0.324 e. The Bertz CT molecular complexity index is 975. The molecule has 4 rings (SSSR count). The van der Waals surface area contributed by atoms with Crippen molar-refractivity contribution in [3.8, 4) is 5.75 Å². The van der Waals surface area contributed by atoms with Crippen molar-refractivity contribution in [3.05, 3.63) is 28.8 Å². The van der Waals surface area contributed by atoms with Gasteiger partial charge in [0.25, 0.3) is 0 Å². The van der Waals surface area contributed by atoms with Gasteiger partial charge in [0, 0.05) is 12.5 Å². The Kier molecular flexibility index (Phi) is 7.84. The zero-order valence-corrected chi connectivity index (χ0v) is 20.5. The molecule has 3 fully saturated rings. The van der Waals surface area contributed by atoms with E-state index in [4.69, 9.17) is 16.3 Å². The number of benzene rings is 1. The quantitative estimate of drug-likeness (QED) is 0.327. The van der Waals surface area contributed by atoms with Gasteiger partial charge in [-0.25, -0.2) is 13.2 Å². The molecule has 0 radical (unpaired) electrons. The number of hydrogen-bond acceptors (Lipinski definition) is 5. The minimum absolute atomic E-state index is 0.0383. The van der Waals surface area contributed by atoms with E-state index in [0.29, 0.717) is 55.0 Å². The van der Waals surface area contributed by atoms with Crippen molar-refractivity contribution in [2.24, 2.45) is 11.8 Å². The van der Waals surface area contributed by atoms with Gasteiger partial charge in [-0.3, -0.25) is 10.1 Å². The lowest BCUT2D eigenvalue weighted by molar-refractivity contribution is -0.118. The van der Waals surface area contributed by atoms with Crippen LogP contribution in [0.15, 0.2) is 18.2 Å². The lowest BCUT2D eigenvalue weighted by Crippen LogP contribution is -2.29. The number of amides is 3. The third kappa shape index (κ3) is 6.85. The molecule has 9 heteroatoms. The van der Waals surface area contributed by atoms with E-state index in [2.05, 4.69) is 5.32 Å². The summed E-state index contributed by atoms with van der Waals surface area (Å²) in [6.07, 6.45) is 7.58. The molecule has 7 nitrogen and oxygen atoms in total. The van der Waals surface area contributed by atoms with Gasteiger partial charge in [-0.2, -0.15) is 0 Å². The summed E-state index contributed by atoms with van der Waals surface area (Å²) in [7, 11) is -3.23. The summed E-state index contributed by atoms with van der Waals surface area (Å²) in [6.45, 7) is 1.23. The molecule has 3 aliphatic rings. The molecule has 1 saturated heterocycles. The van der Waals surface area contributed by atoms with Crippen LogP contribution in [0.5, 0.6) is 5.75 Å². The molecule has 1 aliphatic heterocycles. The number of sulfone groups is 1. The highest BCUT2D eigenvalue weighted by Gasteiger charge is 2.33. The molecule has 1 heterocycles. The van der Waals surface area contributed by atoms with Crippen LogP contribution in [0, 0.1) is 11.8 Å². The van der Waals surface area contributed by atoms with Gasteiger partial charge in [-0.1, -0.05) is 30.5 Å². The minimum atomic E-state index is -3.23. The molecule has 0 spiro atoms. The molecule has 1 atom stereocenters. The number of unbranched alkanes of at least 4 members (excludes halogenated alkanes) is 2. The second kappa shape index (κ2) is 10.6. The molecular weight excluding hydrogens is 464 g/mol. The van der Waals surface area contributed by atoms with Gasteiger partial charge in [0.05, 0.1) is 23.1 Å². The predicted molar refractivity (Wildman–Crippen MR) is 127 cm³/mol. The highest BCUT2D eigenvalue weighted by molar-refractivity contribution is 7.91. The Morgan fingerprint density at radius 2 is 1.91 bits per heavy atom. The van der Waals surface area contributed by atoms with Gasteiger partial charge in [-0.05, 0) is 68.1 Å². The van der Waals surface area contributed by atoms with Gasteiger partial charge in [0.15, 0.2) is 9.84 Å². The number of carbonyl (C=O) groups excluding carboxylic acids is 2. The number of nitrogens with zero attached hydrogens (tertiary/aromatic N) is 1. The highest BCUT2D eigenvalue weighted by atomic mass is 35.5. The molecular formula is C24H33ClN2O5S. The molecule has 1 aromatic rings. The van der Waals surface area contributed by atoms with Crippen LogP contribution < -0.4 is 10.1 Å². The van der Waals surface area contributed by atoms with Crippen LogP contribution in [0.4, 0.5) is 4.79 Å². The Morgan fingerprint density at radius 1 is 1.12 bits per heavy atom. The minimum Gasteiger partial charge on any atom is -0.492 e. The van der Waals surface area contributed by atoms with Crippen molar-refractivity contribution >= 4 is 33.4 Å². The number of urea groups is 1. The van der Waals surface area contributed by atoms with E-state index in [9.17, 15) is 18.0 Å². The van der Waals surface area contributed by atoms with Crippen molar-refractivity contribution in [2.45, 2.75) is 57.3 Å². The lowest BCUT2D eigenvalue weighted by Gasteiger charge is -2.34. The number of hydrogen-bond donors (Lipinski definition) is 1. The Labute approximate surface area is 201 Å². The van der Waals surface area contributed by atoms with Crippen LogP contribution in [0.2, 0.25) is 5.02 Å². The molecule has 0 aromatic heterocycles. The Balaban J connectivity index is 1.30. The van der Waals surface area contributed by atoms with Gasteiger partial charge < -0.3 is 9.64 Å². The first kappa shape index (κ1) is 24.3. The van der Waals surface area contributed by atoms with Crippen LogP contribution >= 0.6 is 11.6 Å². The lowest BCUT2D eigenvalue weighted by atomic mass is 9.74. The van der Waals surface area contributed by atoms with Gasteiger partial charge in [0.2, 0.25) is 5.91 Å². The first-order chi connectivity index (χ1) is 15.8. The summed E-state index contributed by atoms with van der Waals surface area (Å²) < 4.78 is 31.9. The van der Waals surface area contributed by atoms with E-state index in [-0.39, 0.29) is 35.9 Å². The SMILES string of the molecule is O=C1CN(CCCCCS(=O)(=O)C[C@@H](c2ccc(Cl)c(OCC3CC3)c2)C2CCC2)C(=O)N1. The fourth-order valence-corrected chi connectivity index (χ4v) is 6.52. The second-order valence-electron chi connectivity index (χ2n) is 9.69. The largest absolute Gasteiger partial charge is 0.492 e. The first-order valence-corrected chi connectivity index (χ1v) is 14.2. The second-order valence-corrected chi connectivity index (χ2v) is 12.3. The Hall–Kier alpha value is -1.80. The summed E-state index contributed by atoms with van der Waals surface area (Å²) >= 11 is 6.34. The summed E-state index contributed by atoms with van der Waals surface area (Å²) in [5.74, 6) is 1.62. The van der Waals surface area contributed by atoms with Crippen molar-refractivity contribution in [1.82, 2.24) is 10.2 Å².